The highest BCUT2D eigenvalue weighted by Crippen LogP contribution is 2.06. The van der Waals surface area contributed by atoms with Crippen LogP contribution < -0.4 is 0 Å². The summed E-state index contributed by atoms with van der Waals surface area (Å²) in [6.07, 6.45) is 7.88. The van der Waals surface area contributed by atoms with Crippen LogP contribution in [0.2, 0.25) is 0 Å². The molecule has 82 valence electrons. The summed E-state index contributed by atoms with van der Waals surface area (Å²) in [6, 6.07) is 0. The van der Waals surface area contributed by atoms with Crippen molar-refractivity contribution >= 4 is 0 Å². The molecule has 0 unspecified atom stereocenters. The standard InChI is InChI=1S/C13H24O/c1-5-10-14-11-9-13(4)8-6-7-12(2)3/h7,9H,5-6,8,10-11H2,1-4H3/b13-9-. The molecule has 14 heavy (non-hydrogen) atoms. The van der Waals surface area contributed by atoms with E-state index in [1.807, 2.05) is 0 Å². The molecule has 0 rings (SSSR count). The van der Waals surface area contributed by atoms with Crippen molar-refractivity contribution in [2.24, 2.45) is 0 Å². The van der Waals surface area contributed by atoms with E-state index in [0.717, 1.165) is 32.5 Å². The highest BCUT2D eigenvalue weighted by atomic mass is 16.5. The highest BCUT2D eigenvalue weighted by Gasteiger charge is 1.88. The van der Waals surface area contributed by atoms with Crippen LogP contribution in [0.25, 0.3) is 0 Å². The van der Waals surface area contributed by atoms with Gasteiger partial charge in [-0.05, 0) is 40.0 Å². The molecule has 0 bridgehead atoms. The largest absolute Gasteiger partial charge is 0.377 e. The maximum absolute atomic E-state index is 5.39. The van der Waals surface area contributed by atoms with Crippen molar-refractivity contribution in [3.05, 3.63) is 23.3 Å². The molecule has 0 radical (unpaired) electrons. The van der Waals surface area contributed by atoms with Gasteiger partial charge in [0.2, 0.25) is 0 Å². The Morgan fingerprint density at radius 1 is 1.14 bits per heavy atom. The van der Waals surface area contributed by atoms with Crippen LogP contribution in [0.3, 0.4) is 0 Å². The summed E-state index contributed by atoms with van der Waals surface area (Å²) in [5, 5.41) is 0. The van der Waals surface area contributed by atoms with Crippen LogP contribution in [-0.4, -0.2) is 13.2 Å². The van der Waals surface area contributed by atoms with Crippen molar-refractivity contribution in [1.29, 1.82) is 0 Å². The lowest BCUT2D eigenvalue weighted by Gasteiger charge is -2.00. The Bertz CT molecular complexity index is 185. The summed E-state index contributed by atoms with van der Waals surface area (Å²) in [7, 11) is 0. The van der Waals surface area contributed by atoms with E-state index in [1.165, 1.54) is 11.1 Å². The summed E-state index contributed by atoms with van der Waals surface area (Å²) >= 11 is 0. The Labute approximate surface area is 88.9 Å². The van der Waals surface area contributed by atoms with Gasteiger partial charge in [-0.25, -0.2) is 0 Å². The molecule has 1 heteroatoms. The molecule has 0 saturated carbocycles. The average molecular weight is 196 g/mol. The second kappa shape index (κ2) is 9.01. The van der Waals surface area contributed by atoms with Crippen LogP contribution >= 0.6 is 0 Å². The smallest absolute Gasteiger partial charge is 0.0649 e. The van der Waals surface area contributed by atoms with Crippen molar-refractivity contribution in [3.63, 3.8) is 0 Å². The van der Waals surface area contributed by atoms with Gasteiger partial charge in [0.1, 0.15) is 0 Å². The molecular weight excluding hydrogens is 172 g/mol. The molecule has 0 aromatic heterocycles. The first-order valence-electron chi connectivity index (χ1n) is 5.53. The monoisotopic (exact) mass is 196 g/mol. The summed E-state index contributed by atoms with van der Waals surface area (Å²) in [4.78, 5) is 0. The molecule has 1 nitrogen and oxygen atoms in total. The first-order chi connectivity index (χ1) is 6.66. The first-order valence-corrected chi connectivity index (χ1v) is 5.53. The number of rotatable bonds is 7. The molecule has 0 atom stereocenters. The fraction of sp³-hybridized carbons (Fsp3) is 0.692. The van der Waals surface area contributed by atoms with Crippen molar-refractivity contribution < 1.29 is 4.74 Å². The molecule has 0 aromatic carbocycles. The molecule has 0 aliphatic heterocycles. The van der Waals surface area contributed by atoms with Crippen LogP contribution in [0.5, 0.6) is 0 Å². The second-order valence-corrected chi connectivity index (χ2v) is 3.95. The molecule has 0 heterocycles. The zero-order chi connectivity index (χ0) is 10.8. The minimum Gasteiger partial charge on any atom is -0.377 e. The topological polar surface area (TPSA) is 9.23 Å². The van der Waals surface area contributed by atoms with Crippen molar-refractivity contribution in [3.8, 4) is 0 Å². The molecule has 0 spiro atoms. The van der Waals surface area contributed by atoms with Gasteiger partial charge in [-0.3, -0.25) is 0 Å². The van der Waals surface area contributed by atoms with Gasteiger partial charge in [-0.2, -0.15) is 0 Å². The Morgan fingerprint density at radius 2 is 1.86 bits per heavy atom. The maximum Gasteiger partial charge on any atom is 0.0649 e. The second-order valence-electron chi connectivity index (χ2n) is 3.95. The van der Waals surface area contributed by atoms with E-state index in [2.05, 4.69) is 39.8 Å². The van der Waals surface area contributed by atoms with Crippen molar-refractivity contribution in [1.82, 2.24) is 0 Å². The Morgan fingerprint density at radius 3 is 2.43 bits per heavy atom. The van der Waals surface area contributed by atoms with E-state index in [-0.39, 0.29) is 0 Å². The minimum absolute atomic E-state index is 0.772. The van der Waals surface area contributed by atoms with Gasteiger partial charge in [0.05, 0.1) is 6.61 Å². The number of allylic oxidation sites excluding steroid dienone is 3. The average Bonchev–Trinajstić information content (AvgIpc) is 2.12. The molecule has 0 aliphatic rings. The predicted octanol–water partition coefficient (Wildman–Crippen LogP) is 4.11. The lowest BCUT2D eigenvalue weighted by atomic mass is 10.1. The van der Waals surface area contributed by atoms with Crippen molar-refractivity contribution in [2.45, 2.75) is 47.0 Å². The summed E-state index contributed by atoms with van der Waals surface area (Å²) in [6.45, 7) is 10.2. The minimum atomic E-state index is 0.772. The van der Waals surface area contributed by atoms with Gasteiger partial charge in [0.25, 0.3) is 0 Å². The van der Waals surface area contributed by atoms with E-state index in [4.69, 9.17) is 4.74 Å². The SMILES string of the molecule is CCCOC/C=C(/C)CCC=C(C)C. The highest BCUT2D eigenvalue weighted by molar-refractivity contribution is 5.02. The summed E-state index contributed by atoms with van der Waals surface area (Å²) < 4.78 is 5.39. The van der Waals surface area contributed by atoms with Crippen LogP contribution in [0.15, 0.2) is 23.3 Å². The molecule has 0 N–H and O–H groups in total. The van der Waals surface area contributed by atoms with E-state index < -0.39 is 0 Å². The summed E-state index contributed by atoms with van der Waals surface area (Å²) in [5.74, 6) is 0. The molecule has 0 aliphatic carbocycles. The van der Waals surface area contributed by atoms with Crippen molar-refractivity contribution in [2.75, 3.05) is 13.2 Å². The van der Waals surface area contributed by atoms with E-state index in [9.17, 15) is 0 Å². The number of hydrogen-bond acceptors (Lipinski definition) is 1. The summed E-state index contributed by atoms with van der Waals surface area (Å²) in [5.41, 5.74) is 2.83. The third kappa shape index (κ3) is 9.53. The first kappa shape index (κ1) is 13.4. The number of hydrogen-bond donors (Lipinski definition) is 0. The van der Waals surface area contributed by atoms with Crippen LogP contribution in [0.1, 0.15) is 47.0 Å². The van der Waals surface area contributed by atoms with E-state index in [0.29, 0.717) is 0 Å². The zero-order valence-corrected chi connectivity index (χ0v) is 10.1. The molecule has 0 saturated heterocycles. The van der Waals surface area contributed by atoms with Gasteiger partial charge >= 0.3 is 0 Å². The Balaban J connectivity index is 3.52. The predicted molar refractivity (Wildman–Crippen MR) is 63.5 cm³/mol. The van der Waals surface area contributed by atoms with Gasteiger partial charge < -0.3 is 4.74 Å². The normalized spacial score (nSPS) is 11.6. The zero-order valence-electron chi connectivity index (χ0n) is 10.1. The van der Waals surface area contributed by atoms with Gasteiger partial charge in [-0.15, -0.1) is 0 Å². The Kier molecular flexibility index (Phi) is 8.65. The van der Waals surface area contributed by atoms with Gasteiger partial charge in [0, 0.05) is 6.61 Å². The van der Waals surface area contributed by atoms with Gasteiger partial charge in [-0.1, -0.05) is 30.2 Å². The van der Waals surface area contributed by atoms with Gasteiger partial charge in [0.15, 0.2) is 0 Å². The van der Waals surface area contributed by atoms with Crippen LogP contribution in [0, 0.1) is 0 Å². The lowest BCUT2D eigenvalue weighted by Crippen LogP contribution is -1.93. The van der Waals surface area contributed by atoms with E-state index >= 15 is 0 Å². The molecule has 0 amide bonds. The third-order valence-electron chi connectivity index (χ3n) is 1.99. The van der Waals surface area contributed by atoms with Crippen LogP contribution in [0.4, 0.5) is 0 Å². The van der Waals surface area contributed by atoms with E-state index in [1.54, 1.807) is 0 Å². The quantitative estimate of drug-likeness (QED) is 0.440. The lowest BCUT2D eigenvalue weighted by molar-refractivity contribution is 0.162. The Hall–Kier alpha value is -0.560. The van der Waals surface area contributed by atoms with Crippen LogP contribution in [-0.2, 0) is 4.74 Å². The molecule has 0 aromatic rings. The molecule has 0 fully saturated rings. The fourth-order valence-corrected chi connectivity index (χ4v) is 1.12. The maximum atomic E-state index is 5.39. The fourth-order valence-electron chi connectivity index (χ4n) is 1.12. The molecular formula is C13H24O. The third-order valence-corrected chi connectivity index (χ3v) is 1.99. The number of ether oxygens (including phenoxy) is 1.